The molecule has 0 radical (unpaired) electrons. The predicted molar refractivity (Wildman–Crippen MR) is 278 cm³/mol. The fourth-order valence-electron chi connectivity index (χ4n) is 8.25. The molecule has 22 heteroatoms. The van der Waals surface area contributed by atoms with Gasteiger partial charge in [-0.15, -0.1) is 0 Å². The van der Waals surface area contributed by atoms with E-state index >= 15 is 0 Å². The summed E-state index contributed by atoms with van der Waals surface area (Å²) in [5.74, 6) is -10.2. The van der Waals surface area contributed by atoms with Crippen molar-refractivity contribution in [2.45, 2.75) is 177 Å². The second-order valence-electron chi connectivity index (χ2n) is 21.5. The summed E-state index contributed by atoms with van der Waals surface area (Å²) in [4.78, 5) is 142. The number of hydrogen-bond donors (Lipinski definition) is 12. The van der Waals surface area contributed by atoms with E-state index in [2.05, 4.69) is 58.2 Å². The molecule has 1 fully saturated rings. The Hall–Kier alpha value is -6.58. The molecule has 0 bridgehead atoms. The standard InChI is InChI=1S/C52H83N11O11/c1-24(2)19-36-47(69)61-40(27(7)8)51(73)56-31(13)45(67)60-39(26(5)6)50(72)55-30(12)44(66)58-38(21-33-23-53-35-18-16-15-17-34(33)35)46(68)59-37(20-25(3)4)48(70)62-41(28(9)10)52(74)63-42(32(14)64)49(71)54-22-29(11)43(65)57-36/h15-18,23-32,36-42,53,64H,19-22H2,1-14H3,(H,54,71)(H,55,72)(H,56,73)(H,57,65)(H,58,66)(H,59,68)(H,60,67)(H,61,69)(H,62,70)(H,63,74)/t29-,30-,31-,32-,36-,37?,38+,39+,40?,41+,42+/m1/s1. The zero-order chi connectivity index (χ0) is 55.9. The van der Waals surface area contributed by atoms with Crippen LogP contribution >= 0.6 is 0 Å². The Morgan fingerprint density at radius 2 is 0.851 bits per heavy atom. The predicted octanol–water partition coefficient (Wildman–Crippen LogP) is 0.320. The van der Waals surface area contributed by atoms with Crippen molar-refractivity contribution in [3.05, 3.63) is 36.0 Å². The van der Waals surface area contributed by atoms with E-state index in [9.17, 15) is 53.1 Å². The zero-order valence-electron chi connectivity index (χ0n) is 45.5. The lowest BCUT2D eigenvalue weighted by atomic mass is 9.98. The van der Waals surface area contributed by atoms with Gasteiger partial charge in [-0.3, -0.25) is 47.9 Å². The van der Waals surface area contributed by atoms with Crippen LogP contribution in [0.1, 0.15) is 115 Å². The van der Waals surface area contributed by atoms with E-state index < -0.39 is 143 Å². The van der Waals surface area contributed by atoms with Crippen LogP contribution in [0, 0.1) is 35.5 Å². The number of amides is 10. The molecule has 2 aromatic rings. The van der Waals surface area contributed by atoms with Crippen molar-refractivity contribution < 1.29 is 53.1 Å². The van der Waals surface area contributed by atoms with E-state index in [0.717, 1.165) is 10.9 Å². The van der Waals surface area contributed by atoms with Crippen LogP contribution in [0.15, 0.2) is 30.5 Å². The van der Waals surface area contributed by atoms with Gasteiger partial charge in [0.25, 0.3) is 0 Å². The number of benzene rings is 1. The van der Waals surface area contributed by atoms with Crippen LogP contribution in [-0.4, -0.2) is 136 Å². The quantitative estimate of drug-likeness (QED) is 0.154. The first-order valence-corrected chi connectivity index (χ1v) is 25.8. The van der Waals surface area contributed by atoms with E-state index in [1.165, 1.54) is 27.7 Å². The van der Waals surface area contributed by atoms with Crippen LogP contribution in [0.25, 0.3) is 10.9 Å². The number of H-pyrrole nitrogens is 1. The zero-order valence-corrected chi connectivity index (χ0v) is 45.5. The molecule has 3 rings (SSSR count). The first-order valence-electron chi connectivity index (χ1n) is 25.8. The van der Waals surface area contributed by atoms with Crippen molar-refractivity contribution in [3.63, 3.8) is 0 Å². The van der Waals surface area contributed by atoms with Gasteiger partial charge >= 0.3 is 0 Å². The lowest BCUT2D eigenvalue weighted by molar-refractivity contribution is -0.137. The summed E-state index contributed by atoms with van der Waals surface area (Å²) in [7, 11) is 0. The Balaban J connectivity index is 2.09. The molecule has 2 heterocycles. The molecule has 1 aromatic carbocycles. The van der Waals surface area contributed by atoms with Crippen molar-refractivity contribution in [2.24, 2.45) is 35.5 Å². The lowest BCUT2D eigenvalue weighted by Crippen LogP contribution is -2.61. The third-order valence-electron chi connectivity index (χ3n) is 12.7. The number of carbonyl (C=O) groups excluding carboxylic acids is 10. The lowest BCUT2D eigenvalue weighted by Gasteiger charge is -2.29. The summed E-state index contributed by atoms with van der Waals surface area (Å²) >= 11 is 0. The Labute approximate surface area is 434 Å². The van der Waals surface area contributed by atoms with Crippen molar-refractivity contribution in [3.8, 4) is 0 Å². The highest BCUT2D eigenvalue weighted by Crippen LogP contribution is 2.20. The van der Waals surface area contributed by atoms with E-state index in [4.69, 9.17) is 0 Å². The second-order valence-corrected chi connectivity index (χ2v) is 21.5. The highest BCUT2D eigenvalue weighted by Gasteiger charge is 2.37. The van der Waals surface area contributed by atoms with Gasteiger partial charge in [-0.25, -0.2) is 0 Å². The minimum absolute atomic E-state index is 0.0598. The fraction of sp³-hybridized carbons (Fsp3) is 0.654. The molecule has 0 aliphatic carbocycles. The van der Waals surface area contributed by atoms with Gasteiger partial charge in [-0.2, -0.15) is 0 Å². The Morgan fingerprint density at radius 3 is 1.31 bits per heavy atom. The molecule has 0 spiro atoms. The number of hydrogen-bond acceptors (Lipinski definition) is 11. The van der Waals surface area contributed by atoms with Crippen LogP contribution < -0.4 is 53.2 Å². The molecule has 1 saturated heterocycles. The molecular weight excluding hydrogens is 955 g/mol. The van der Waals surface area contributed by atoms with Crippen LogP contribution in [-0.2, 0) is 54.4 Å². The van der Waals surface area contributed by atoms with Gasteiger partial charge in [0, 0.05) is 30.1 Å². The maximum absolute atomic E-state index is 14.5. The number of aromatic amines is 1. The van der Waals surface area contributed by atoms with Crippen molar-refractivity contribution in [1.29, 1.82) is 0 Å². The highest BCUT2D eigenvalue weighted by molar-refractivity contribution is 5.99. The Morgan fingerprint density at radius 1 is 0.459 bits per heavy atom. The number of aliphatic hydroxyl groups excluding tert-OH is 1. The van der Waals surface area contributed by atoms with Crippen LogP contribution in [0.4, 0.5) is 0 Å². The first-order chi connectivity index (χ1) is 34.5. The third kappa shape index (κ3) is 18.1. The molecule has 1 aliphatic heterocycles. The molecule has 22 nitrogen and oxygen atoms in total. The van der Waals surface area contributed by atoms with Crippen molar-refractivity contribution in [1.82, 2.24) is 58.2 Å². The topological polar surface area (TPSA) is 327 Å². The van der Waals surface area contributed by atoms with Crippen LogP contribution in [0.5, 0.6) is 0 Å². The van der Waals surface area contributed by atoms with Gasteiger partial charge in [0.15, 0.2) is 0 Å². The highest BCUT2D eigenvalue weighted by atomic mass is 16.3. The number of fused-ring (bicyclic) bond motifs is 1. The van der Waals surface area contributed by atoms with Gasteiger partial charge in [-0.05, 0) is 74.8 Å². The molecule has 11 atom stereocenters. The number of carbonyl (C=O) groups is 10. The number of aromatic nitrogens is 1. The van der Waals surface area contributed by atoms with E-state index in [1.807, 2.05) is 52.0 Å². The van der Waals surface area contributed by atoms with Crippen molar-refractivity contribution in [2.75, 3.05) is 6.54 Å². The monoisotopic (exact) mass is 1040 g/mol. The van der Waals surface area contributed by atoms with Gasteiger partial charge < -0.3 is 63.3 Å². The average Bonchev–Trinajstić information content (AvgIpc) is 3.72. The van der Waals surface area contributed by atoms with E-state index in [1.54, 1.807) is 47.7 Å². The average molecular weight is 1040 g/mol. The minimum Gasteiger partial charge on any atom is -0.391 e. The molecule has 1 aliphatic rings. The summed E-state index contributed by atoms with van der Waals surface area (Å²) in [6, 6.07) is -4.04. The summed E-state index contributed by atoms with van der Waals surface area (Å²) in [5, 5.41) is 38.1. The van der Waals surface area contributed by atoms with Gasteiger partial charge in [0.05, 0.1) is 12.0 Å². The van der Waals surface area contributed by atoms with Crippen LogP contribution in [0.2, 0.25) is 0 Å². The number of aliphatic hydroxyl groups is 1. The fourth-order valence-corrected chi connectivity index (χ4v) is 8.25. The number of nitrogens with one attached hydrogen (secondary N) is 11. The normalized spacial score (nSPS) is 27.2. The first kappa shape index (κ1) is 61.7. The smallest absolute Gasteiger partial charge is 0.245 e. The van der Waals surface area contributed by atoms with E-state index in [0.29, 0.717) is 5.56 Å². The summed E-state index contributed by atoms with van der Waals surface area (Å²) in [6.07, 6.45) is 0.455. The summed E-state index contributed by atoms with van der Waals surface area (Å²) in [5.41, 5.74) is 1.42. The van der Waals surface area contributed by atoms with Gasteiger partial charge in [0.2, 0.25) is 59.1 Å². The Bertz CT molecular complexity index is 2310. The third-order valence-corrected chi connectivity index (χ3v) is 12.7. The molecule has 12 N–H and O–H groups in total. The van der Waals surface area contributed by atoms with Gasteiger partial charge in [-0.1, -0.05) is 94.4 Å². The van der Waals surface area contributed by atoms with E-state index in [-0.39, 0.29) is 37.6 Å². The molecule has 0 saturated carbocycles. The SMILES string of the molecule is CC(C)CC1NC(=O)[C@H](Cc2c[nH]c3ccccc23)NC(=O)[C@@H](C)NC(=O)[C@H](C(C)C)NC(=O)[C@@H](C)NC(=O)C(C(C)C)NC(=O)[C@@H](CC(C)C)NC(=O)[C@H](C)CNC(=O)[C@H]([C@@H](C)O)NC(=O)[C@H](C(C)C)NC1=O. The molecule has 412 valence electrons. The summed E-state index contributed by atoms with van der Waals surface area (Å²) < 4.78 is 0. The Kier molecular flexibility index (Phi) is 23.5. The molecule has 2 unspecified atom stereocenters. The molecular formula is C52H83N11O11. The van der Waals surface area contributed by atoms with Gasteiger partial charge in [0.1, 0.15) is 54.4 Å². The number of rotatable bonds is 10. The molecule has 1 aromatic heterocycles. The van der Waals surface area contributed by atoms with Crippen LogP contribution in [0.3, 0.4) is 0 Å². The second kappa shape index (κ2) is 28.2. The molecule has 74 heavy (non-hydrogen) atoms. The molecule has 10 amide bonds. The summed E-state index contributed by atoms with van der Waals surface area (Å²) in [6.45, 7) is 22.7. The maximum atomic E-state index is 14.5. The minimum atomic E-state index is -1.54. The number of para-hydroxylation sites is 1. The maximum Gasteiger partial charge on any atom is 0.245 e. The largest absolute Gasteiger partial charge is 0.391 e. The van der Waals surface area contributed by atoms with Crippen molar-refractivity contribution >= 4 is 70.0 Å².